The van der Waals surface area contributed by atoms with Gasteiger partial charge in [0.1, 0.15) is 5.78 Å². The Kier molecular flexibility index (Phi) is 10.9. The van der Waals surface area contributed by atoms with Crippen LogP contribution in [0.5, 0.6) is 0 Å². The molecule has 0 heterocycles. The molecule has 4 heteroatoms. The highest BCUT2D eigenvalue weighted by molar-refractivity contribution is 5.96. The highest BCUT2D eigenvalue weighted by Crippen LogP contribution is 1.99. The van der Waals surface area contributed by atoms with E-state index in [1.165, 1.54) is 6.92 Å². The van der Waals surface area contributed by atoms with Crippen LogP contribution in [-0.2, 0) is 9.59 Å². The molecular formula is C14H30N2O2. The van der Waals surface area contributed by atoms with Crippen molar-refractivity contribution in [3.8, 4) is 0 Å². The Morgan fingerprint density at radius 2 is 1.39 bits per heavy atom. The molecule has 0 aliphatic rings. The zero-order chi connectivity index (χ0) is 14.9. The van der Waals surface area contributed by atoms with Gasteiger partial charge >= 0.3 is 0 Å². The van der Waals surface area contributed by atoms with E-state index in [2.05, 4.69) is 19.2 Å². The summed E-state index contributed by atoms with van der Waals surface area (Å²) in [5, 5.41) is 2.75. The molecule has 108 valence electrons. The van der Waals surface area contributed by atoms with Gasteiger partial charge in [-0.3, -0.25) is 9.59 Å². The van der Waals surface area contributed by atoms with Crippen LogP contribution >= 0.6 is 0 Å². The lowest BCUT2D eigenvalue weighted by molar-refractivity contribution is -0.127. The molecule has 0 fully saturated rings. The fourth-order valence-corrected chi connectivity index (χ4v) is 0.698. The number of hydrogen-bond acceptors (Lipinski definition) is 3. The van der Waals surface area contributed by atoms with E-state index in [0.717, 1.165) is 0 Å². The summed E-state index contributed by atoms with van der Waals surface area (Å²) >= 11 is 0. The molecule has 0 saturated heterocycles. The number of ketones is 1. The third-order valence-electron chi connectivity index (χ3n) is 2.85. The first-order valence-electron chi connectivity index (χ1n) is 6.62. The van der Waals surface area contributed by atoms with Gasteiger partial charge < -0.3 is 11.1 Å². The van der Waals surface area contributed by atoms with Crippen LogP contribution in [0.15, 0.2) is 0 Å². The Labute approximate surface area is 112 Å². The Bertz CT molecular complexity index is 242. The Hall–Kier alpha value is -0.900. The lowest BCUT2D eigenvalue weighted by atomic mass is 10.1. The van der Waals surface area contributed by atoms with Gasteiger partial charge in [0.25, 0.3) is 0 Å². The van der Waals surface area contributed by atoms with E-state index < -0.39 is 0 Å². The van der Waals surface area contributed by atoms with Crippen LogP contribution in [0.4, 0.5) is 0 Å². The molecule has 0 rings (SSSR count). The second kappa shape index (κ2) is 10.1. The maximum Gasteiger partial charge on any atom is 0.227 e. The van der Waals surface area contributed by atoms with Crippen molar-refractivity contribution in [2.75, 3.05) is 0 Å². The first kappa shape index (κ1) is 19.4. The van der Waals surface area contributed by atoms with Crippen LogP contribution in [-0.4, -0.2) is 23.8 Å². The summed E-state index contributed by atoms with van der Waals surface area (Å²) in [5.41, 5.74) is 5.44. The molecule has 0 aromatic carbocycles. The monoisotopic (exact) mass is 258 g/mol. The van der Waals surface area contributed by atoms with Gasteiger partial charge in [-0.1, -0.05) is 27.7 Å². The van der Waals surface area contributed by atoms with Gasteiger partial charge in [-0.25, -0.2) is 0 Å². The number of rotatable bonds is 5. The first-order chi connectivity index (χ1) is 8.07. The predicted octanol–water partition coefficient (Wildman–Crippen LogP) is 2.12. The van der Waals surface area contributed by atoms with Crippen LogP contribution in [0.25, 0.3) is 0 Å². The topological polar surface area (TPSA) is 72.2 Å². The Balaban J connectivity index is 0. The summed E-state index contributed by atoms with van der Waals surface area (Å²) < 4.78 is 0. The standard InChI is InChI=1S/C9H17NO2.C5H13N/c1-6(2)8(4)10-9(12)5-7(3)11;1-4(2)5(3)6/h6,8H,5H2,1-4H3,(H,10,12);4-5H,6H2,1-3H3. The van der Waals surface area contributed by atoms with Gasteiger partial charge in [-0.05, 0) is 32.6 Å². The van der Waals surface area contributed by atoms with E-state index in [-0.39, 0.29) is 24.2 Å². The van der Waals surface area contributed by atoms with Crippen LogP contribution < -0.4 is 11.1 Å². The molecule has 0 saturated carbocycles. The molecule has 0 aromatic heterocycles. The average Bonchev–Trinajstić information content (AvgIpc) is 2.16. The van der Waals surface area contributed by atoms with Crippen LogP contribution in [0.3, 0.4) is 0 Å². The first-order valence-corrected chi connectivity index (χ1v) is 6.62. The number of carbonyl (C=O) groups is 2. The molecule has 4 nitrogen and oxygen atoms in total. The normalized spacial score (nSPS) is 13.7. The maximum absolute atomic E-state index is 11.0. The quantitative estimate of drug-likeness (QED) is 0.742. The van der Waals surface area contributed by atoms with Crippen LogP contribution in [0.2, 0.25) is 0 Å². The lowest BCUT2D eigenvalue weighted by Gasteiger charge is -2.16. The summed E-state index contributed by atoms with van der Waals surface area (Å²) in [4.78, 5) is 21.6. The Morgan fingerprint density at radius 1 is 1.00 bits per heavy atom. The van der Waals surface area contributed by atoms with Crippen molar-refractivity contribution in [3.63, 3.8) is 0 Å². The molecule has 0 aliphatic carbocycles. The SMILES string of the molecule is CC(=O)CC(=O)NC(C)C(C)C.CC(C)C(C)N. The predicted molar refractivity (Wildman–Crippen MR) is 76.2 cm³/mol. The molecule has 0 aromatic rings. The summed E-state index contributed by atoms with van der Waals surface area (Å²) in [6.45, 7) is 13.7. The number of carbonyl (C=O) groups excluding carboxylic acids is 2. The molecular weight excluding hydrogens is 228 g/mol. The van der Waals surface area contributed by atoms with Crippen molar-refractivity contribution in [1.82, 2.24) is 5.32 Å². The van der Waals surface area contributed by atoms with Crippen molar-refractivity contribution < 1.29 is 9.59 Å². The van der Waals surface area contributed by atoms with Crippen molar-refractivity contribution in [2.45, 2.75) is 67.0 Å². The highest BCUT2D eigenvalue weighted by atomic mass is 16.2. The zero-order valence-electron chi connectivity index (χ0n) is 12.9. The van der Waals surface area contributed by atoms with Crippen LogP contribution in [0.1, 0.15) is 54.9 Å². The molecule has 3 N–H and O–H groups in total. The van der Waals surface area contributed by atoms with Gasteiger partial charge in [-0.2, -0.15) is 0 Å². The summed E-state index contributed by atoms with van der Waals surface area (Å²) in [6.07, 6.45) is -0.00292. The second-order valence-corrected chi connectivity index (χ2v) is 5.58. The van der Waals surface area contributed by atoms with E-state index in [9.17, 15) is 9.59 Å². The maximum atomic E-state index is 11.0. The fourth-order valence-electron chi connectivity index (χ4n) is 0.698. The minimum atomic E-state index is -0.177. The number of nitrogens with two attached hydrogens (primary N) is 1. The third kappa shape index (κ3) is 13.2. The number of hydrogen-bond donors (Lipinski definition) is 2. The highest BCUT2D eigenvalue weighted by Gasteiger charge is 2.11. The van der Waals surface area contributed by atoms with E-state index >= 15 is 0 Å². The fraction of sp³-hybridized carbons (Fsp3) is 0.857. The van der Waals surface area contributed by atoms with Crippen molar-refractivity contribution >= 4 is 11.7 Å². The molecule has 0 bridgehead atoms. The third-order valence-corrected chi connectivity index (χ3v) is 2.85. The van der Waals surface area contributed by atoms with Gasteiger partial charge in [0, 0.05) is 12.1 Å². The molecule has 1 amide bonds. The van der Waals surface area contributed by atoms with E-state index in [0.29, 0.717) is 17.9 Å². The summed E-state index contributed by atoms with van der Waals surface area (Å²) in [7, 11) is 0. The number of Topliss-reactive ketones (excluding diaryl/α,β-unsaturated/α-hetero) is 1. The van der Waals surface area contributed by atoms with E-state index in [4.69, 9.17) is 5.73 Å². The van der Waals surface area contributed by atoms with Crippen molar-refractivity contribution in [2.24, 2.45) is 17.6 Å². The number of nitrogens with one attached hydrogen (secondary N) is 1. The minimum Gasteiger partial charge on any atom is -0.353 e. The van der Waals surface area contributed by atoms with E-state index in [1.807, 2.05) is 27.7 Å². The Morgan fingerprint density at radius 3 is 1.61 bits per heavy atom. The molecule has 0 radical (unpaired) electrons. The smallest absolute Gasteiger partial charge is 0.227 e. The summed E-state index contributed by atoms with van der Waals surface area (Å²) in [6, 6.07) is 0.488. The van der Waals surface area contributed by atoms with Gasteiger partial charge in [-0.15, -0.1) is 0 Å². The average molecular weight is 258 g/mol. The summed E-state index contributed by atoms with van der Waals surface area (Å²) in [5.74, 6) is 0.762. The van der Waals surface area contributed by atoms with Gasteiger partial charge in [0.05, 0.1) is 6.42 Å². The second-order valence-electron chi connectivity index (χ2n) is 5.58. The largest absolute Gasteiger partial charge is 0.353 e. The molecule has 18 heavy (non-hydrogen) atoms. The van der Waals surface area contributed by atoms with Crippen molar-refractivity contribution in [3.05, 3.63) is 0 Å². The number of amides is 1. The van der Waals surface area contributed by atoms with E-state index in [1.54, 1.807) is 0 Å². The zero-order valence-corrected chi connectivity index (χ0v) is 12.9. The molecule has 2 atom stereocenters. The van der Waals surface area contributed by atoms with Crippen LogP contribution in [0, 0.1) is 11.8 Å². The molecule has 2 unspecified atom stereocenters. The molecule has 0 aliphatic heterocycles. The lowest BCUT2D eigenvalue weighted by Crippen LogP contribution is -2.36. The van der Waals surface area contributed by atoms with Gasteiger partial charge in [0.15, 0.2) is 0 Å². The minimum absolute atomic E-state index is 0.00292. The van der Waals surface area contributed by atoms with Crippen molar-refractivity contribution in [1.29, 1.82) is 0 Å². The molecule has 0 spiro atoms. The van der Waals surface area contributed by atoms with Gasteiger partial charge in [0.2, 0.25) is 5.91 Å².